The highest BCUT2D eigenvalue weighted by Gasteiger charge is 2.12. The molecule has 0 bridgehead atoms. The molecule has 1 aliphatic heterocycles. The van der Waals surface area contributed by atoms with Crippen molar-refractivity contribution in [3.05, 3.63) is 23.8 Å². The van der Waals surface area contributed by atoms with Crippen LogP contribution in [-0.4, -0.2) is 44.8 Å². The van der Waals surface area contributed by atoms with Gasteiger partial charge in [-0.2, -0.15) is 0 Å². The molecule has 1 aromatic carbocycles. The maximum atomic E-state index is 11.6. The van der Waals surface area contributed by atoms with E-state index >= 15 is 0 Å². The Labute approximate surface area is 166 Å². The summed E-state index contributed by atoms with van der Waals surface area (Å²) in [7, 11) is 0. The monoisotopic (exact) mass is 462 g/mol. The Morgan fingerprint density at radius 1 is 1.12 bits per heavy atom. The minimum Gasteiger partial charge on any atom is -0.454 e. The number of fused-ring (bicyclic) bond motifs is 1. The van der Waals surface area contributed by atoms with Crippen LogP contribution in [0, 0.1) is 0 Å². The van der Waals surface area contributed by atoms with E-state index in [1.54, 1.807) is 0 Å². The average molecular weight is 462 g/mol. The van der Waals surface area contributed by atoms with Crippen LogP contribution >= 0.6 is 24.0 Å². The number of aliphatic imine (C=N–C) groups is 1. The largest absolute Gasteiger partial charge is 0.454 e. The van der Waals surface area contributed by atoms with Crippen LogP contribution in [0.4, 0.5) is 0 Å². The predicted molar refractivity (Wildman–Crippen MR) is 109 cm³/mol. The first-order valence-electron chi connectivity index (χ1n) is 8.40. The van der Waals surface area contributed by atoms with Crippen molar-refractivity contribution in [1.29, 1.82) is 0 Å². The van der Waals surface area contributed by atoms with Gasteiger partial charge in [-0.15, -0.1) is 24.0 Å². The van der Waals surface area contributed by atoms with Crippen LogP contribution in [0.2, 0.25) is 0 Å². The molecule has 0 radical (unpaired) electrons. The molecule has 1 heterocycles. The SMILES string of the molecule is CCCNC(=O)CN=C(NCC)NCCc1ccc2c(c1)OCO2.I. The Balaban J connectivity index is 0.00000312. The molecule has 1 amide bonds. The Morgan fingerprint density at radius 3 is 2.68 bits per heavy atom. The molecule has 7 nitrogen and oxygen atoms in total. The molecule has 0 saturated carbocycles. The summed E-state index contributed by atoms with van der Waals surface area (Å²) in [6, 6.07) is 5.94. The number of amides is 1. The van der Waals surface area contributed by atoms with Crippen LogP contribution in [0.5, 0.6) is 11.5 Å². The molecule has 0 saturated heterocycles. The molecule has 3 N–H and O–H groups in total. The van der Waals surface area contributed by atoms with Gasteiger partial charge in [0.2, 0.25) is 12.7 Å². The molecule has 1 aromatic rings. The fourth-order valence-electron chi connectivity index (χ4n) is 2.23. The Bertz CT molecular complexity index is 581. The molecular weight excluding hydrogens is 435 g/mol. The van der Waals surface area contributed by atoms with Crippen molar-refractivity contribution in [3.8, 4) is 11.5 Å². The Morgan fingerprint density at radius 2 is 1.92 bits per heavy atom. The molecule has 1 aliphatic rings. The zero-order valence-electron chi connectivity index (χ0n) is 14.8. The van der Waals surface area contributed by atoms with Gasteiger partial charge in [0.15, 0.2) is 17.5 Å². The number of ether oxygens (including phenoxy) is 2. The van der Waals surface area contributed by atoms with Gasteiger partial charge in [0, 0.05) is 19.6 Å². The van der Waals surface area contributed by atoms with Gasteiger partial charge in [0.25, 0.3) is 0 Å². The number of rotatable bonds is 8. The second kappa shape index (κ2) is 11.8. The number of hydrogen-bond acceptors (Lipinski definition) is 4. The lowest BCUT2D eigenvalue weighted by Gasteiger charge is -2.11. The van der Waals surface area contributed by atoms with E-state index in [-0.39, 0.29) is 43.2 Å². The molecule has 25 heavy (non-hydrogen) atoms. The highest BCUT2D eigenvalue weighted by molar-refractivity contribution is 14.0. The van der Waals surface area contributed by atoms with Gasteiger partial charge in [0.1, 0.15) is 6.54 Å². The van der Waals surface area contributed by atoms with Crippen LogP contribution in [0.15, 0.2) is 23.2 Å². The van der Waals surface area contributed by atoms with E-state index in [9.17, 15) is 4.79 Å². The Kier molecular flexibility index (Phi) is 10.0. The molecule has 2 rings (SSSR count). The zero-order chi connectivity index (χ0) is 17.2. The van der Waals surface area contributed by atoms with Gasteiger partial charge in [0.05, 0.1) is 0 Å². The number of guanidine groups is 1. The van der Waals surface area contributed by atoms with Gasteiger partial charge in [-0.25, -0.2) is 4.99 Å². The average Bonchev–Trinajstić information content (AvgIpc) is 3.05. The van der Waals surface area contributed by atoms with Gasteiger partial charge in [-0.1, -0.05) is 13.0 Å². The van der Waals surface area contributed by atoms with Crippen LogP contribution in [0.1, 0.15) is 25.8 Å². The smallest absolute Gasteiger partial charge is 0.241 e. The van der Waals surface area contributed by atoms with Gasteiger partial charge in [-0.05, 0) is 37.5 Å². The van der Waals surface area contributed by atoms with Crippen molar-refractivity contribution < 1.29 is 14.3 Å². The fraction of sp³-hybridized carbons (Fsp3) is 0.529. The quantitative estimate of drug-likeness (QED) is 0.311. The summed E-state index contributed by atoms with van der Waals surface area (Å²) in [4.78, 5) is 15.9. The van der Waals surface area contributed by atoms with E-state index in [1.165, 1.54) is 0 Å². The summed E-state index contributed by atoms with van der Waals surface area (Å²) in [5.74, 6) is 2.16. The fourth-order valence-corrected chi connectivity index (χ4v) is 2.23. The zero-order valence-corrected chi connectivity index (χ0v) is 17.1. The molecule has 0 fully saturated rings. The number of hydrogen-bond donors (Lipinski definition) is 3. The normalized spacial score (nSPS) is 12.3. The second-order valence-electron chi connectivity index (χ2n) is 5.41. The third-order valence-corrected chi connectivity index (χ3v) is 3.44. The van der Waals surface area contributed by atoms with E-state index in [4.69, 9.17) is 9.47 Å². The van der Waals surface area contributed by atoms with Crippen molar-refractivity contribution in [3.63, 3.8) is 0 Å². The summed E-state index contributed by atoms with van der Waals surface area (Å²) in [6.07, 6.45) is 1.74. The summed E-state index contributed by atoms with van der Waals surface area (Å²) in [5, 5.41) is 9.18. The minimum atomic E-state index is -0.0650. The molecule has 0 unspecified atom stereocenters. The molecular formula is C17H27IN4O3. The van der Waals surface area contributed by atoms with E-state index in [0.29, 0.717) is 19.0 Å². The number of carbonyl (C=O) groups is 1. The van der Waals surface area contributed by atoms with Gasteiger partial charge in [-0.3, -0.25) is 4.79 Å². The summed E-state index contributed by atoms with van der Waals surface area (Å²) in [5.41, 5.74) is 1.16. The maximum Gasteiger partial charge on any atom is 0.241 e. The van der Waals surface area contributed by atoms with Crippen LogP contribution in [-0.2, 0) is 11.2 Å². The van der Waals surface area contributed by atoms with Crippen LogP contribution in [0.3, 0.4) is 0 Å². The van der Waals surface area contributed by atoms with Crippen molar-refractivity contribution in [2.24, 2.45) is 4.99 Å². The first kappa shape index (κ1) is 21.3. The van der Waals surface area contributed by atoms with Gasteiger partial charge < -0.3 is 25.4 Å². The lowest BCUT2D eigenvalue weighted by molar-refractivity contribution is -0.119. The lowest BCUT2D eigenvalue weighted by atomic mass is 10.1. The van der Waals surface area contributed by atoms with E-state index in [2.05, 4.69) is 20.9 Å². The number of nitrogens with one attached hydrogen (secondary N) is 3. The number of benzene rings is 1. The molecule has 140 valence electrons. The van der Waals surface area contributed by atoms with Crippen LogP contribution in [0.25, 0.3) is 0 Å². The van der Waals surface area contributed by atoms with E-state index < -0.39 is 0 Å². The minimum absolute atomic E-state index is 0. The van der Waals surface area contributed by atoms with Crippen molar-refractivity contribution in [2.75, 3.05) is 33.0 Å². The molecule has 0 spiro atoms. The standard InChI is InChI=1S/C17H26N4O3.HI/c1-3-8-19-16(22)11-21-17(18-4-2)20-9-7-13-5-6-14-15(10-13)24-12-23-14;/h5-6,10H,3-4,7-9,11-12H2,1-2H3,(H,19,22)(H2,18,20,21);1H. The summed E-state index contributed by atoms with van der Waals surface area (Å²) < 4.78 is 10.7. The highest BCUT2D eigenvalue weighted by Crippen LogP contribution is 2.32. The third kappa shape index (κ3) is 7.37. The Hall–Kier alpha value is -1.71. The number of nitrogens with zero attached hydrogens (tertiary/aromatic N) is 1. The van der Waals surface area contributed by atoms with E-state index in [1.807, 2.05) is 32.0 Å². The predicted octanol–water partition coefficient (Wildman–Crippen LogP) is 1.66. The summed E-state index contributed by atoms with van der Waals surface area (Å²) >= 11 is 0. The van der Waals surface area contributed by atoms with Crippen molar-refractivity contribution >= 4 is 35.8 Å². The topological polar surface area (TPSA) is 84.0 Å². The van der Waals surface area contributed by atoms with Crippen molar-refractivity contribution in [1.82, 2.24) is 16.0 Å². The first-order chi connectivity index (χ1) is 11.7. The van der Waals surface area contributed by atoms with Crippen LogP contribution < -0.4 is 25.4 Å². The summed E-state index contributed by atoms with van der Waals surface area (Å²) in [6.45, 7) is 6.56. The maximum absolute atomic E-state index is 11.6. The molecule has 8 heteroatoms. The molecule has 0 aromatic heterocycles. The third-order valence-electron chi connectivity index (χ3n) is 3.44. The molecule has 0 atom stereocenters. The lowest BCUT2D eigenvalue weighted by Crippen LogP contribution is -2.39. The number of halogens is 1. The number of carbonyl (C=O) groups excluding carboxylic acids is 1. The van der Waals surface area contributed by atoms with E-state index in [0.717, 1.165) is 36.4 Å². The first-order valence-corrected chi connectivity index (χ1v) is 8.40. The highest BCUT2D eigenvalue weighted by atomic mass is 127. The molecule has 0 aliphatic carbocycles. The second-order valence-corrected chi connectivity index (χ2v) is 5.41. The van der Waals surface area contributed by atoms with Gasteiger partial charge >= 0.3 is 0 Å². The van der Waals surface area contributed by atoms with Crippen molar-refractivity contribution in [2.45, 2.75) is 26.7 Å².